The minimum absolute atomic E-state index is 0.215. The first-order valence-electron chi connectivity index (χ1n) is 6.43. The summed E-state index contributed by atoms with van der Waals surface area (Å²) in [6, 6.07) is 5.89. The summed E-state index contributed by atoms with van der Waals surface area (Å²) in [7, 11) is 0. The quantitative estimate of drug-likeness (QED) is 0.654. The van der Waals surface area contributed by atoms with Gasteiger partial charge in [-0.15, -0.1) is 0 Å². The van der Waals surface area contributed by atoms with Crippen LogP contribution in [0.15, 0.2) is 48.6 Å². The highest BCUT2D eigenvalue weighted by molar-refractivity contribution is 5.87. The maximum absolute atomic E-state index is 12.8. The Bertz CT molecular complexity index is 659. The number of halogens is 1. The van der Waals surface area contributed by atoms with E-state index in [2.05, 4.69) is 20.5 Å². The van der Waals surface area contributed by atoms with Crippen molar-refractivity contribution in [3.63, 3.8) is 0 Å². The number of amides is 1. The first-order chi connectivity index (χ1) is 10.2. The van der Waals surface area contributed by atoms with E-state index in [1.165, 1.54) is 18.2 Å². The van der Waals surface area contributed by atoms with Gasteiger partial charge in [0.15, 0.2) is 5.82 Å². The summed E-state index contributed by atoms with van der Waals surface area (Å²) < 4.78 is 12.8. The van der Waals surface area contributed by atoms with Crippen molar-refractivity contribution in [3.8, 4) is 11.4 Å². The van der Waals surface area contributed by atoms with Crippen LogP contribution in [0.4, 0.5) is 4.39 Å². The number of aromatic amines is 1. The van der Waals surface area contributed by atoms with Crippen molar-refractivity contribution in [1.82, 2.24) is 20.5 Å². The Hall–Kier alpha value is -2.76. The molecule has 1 amide bonds. The number of hydrogen-bond acceptors (Lipinski definition) is 3. The molecule has 0 unspecified atom stereocenters. The number of hydrogen-bond donors (Lipinski definition) is 2. The molecule has 0 spiro atoms. The van der Waals surface area contributed by atoms with Crippen LogP contribution in [0.5, 0.6) is 0 Å². The lowest BCUT2D eigenvalue weighted by Gasteiger charge is -1.97. The molecule has 0 bridgehead atoms. The molecule has 0 aliphatic heterocycles. The predicted molar refractivity (Wildman–Crippen MR) is 77.6 cm³/mol. The number of H-pyrrole nitrogens is 1. The molecule has 1 aromatic heterocycles. The van der Waals surface area contributed by atoms with Crippen LogP contribution >= 0.6 is 0 Å². The number of rotatable bonds is 5. The summed E-state index contributed by atoms with van der Waals surface area (Å²) in [5, 5.41) is 9.44. The molecule has 0 aliphatic carbocycles. The van der Waals surface area contributed by atoms with E-state index in [-0.39, 0.29) is 18.3 Å². The fraction of sp³-hybridized carbons (Fsp3) is 0.133. The van der Waals surface area contributed by atoms with Gasteiger partial charge in [0.1, 0.15) is 11.6 Å². The number of nitrogens with zero attached hydrogens (tertiary/aromatic N) is 2. The Labute approximate surface area is 121 Å². The van der Waals surface area contributed by atoms with Crippen LogP contribution in [0, 0.1) is 5.82 Å². The third-order valence-electron chi connectivity index (χ3n) is 2.62. The standard InChI is InChI=1S/C15H15FN4O/c1-2-3-4-5-14(21)17-10-13-18-15(20-19-13)11-6-8-12(16)9-7-11/h2-9H,10H2,1H3,(H,17,21)(H,18,19,20)/b3-2+,5-4-. The molecule has 0 saturated heterocycles. The van der Waals surface area contributed by atoms with Gasteiger partial charge in [0.25, 0.3) is 0 Å². The van der Waals surface area contributed by atoms with E-state index < -0.39 is 0 Å². The highest BCUT2D eigenvalue weighted by Gasteiger charge is 2.06. The minimum Gasteiger partial charge on any atom is -0.345 e. The number of nitrogens with one attached hydrogen (secondary N) is 2. The summed E-state index contributed by atoms with van der Waals surface area (Å²) >= 11 is 0. The number of aromatic nitrogens is 3. The molecule has 108 valence electrons. The summed E-state index contributed by atoms with van der Waals surface area (Å²) in [4.78, 5) is 15.7. The maximum atomic E-state index is 12.8. The molecule has 0 atom stereocenters. The second-order valence-electron chi connectivity index (χ2n) is 4.22. The Morgan fingerprint density at radius 1 is 1.33 bits per heavy atom. The van der Waals surface area contributed by atoms with Gasteiger partial charge in [0.2, 0.25) is 5.91 Å². The van der Waals surface area contributed by atoms with Gasteiger partial charge in [-0.25, -0.2) is 9.37 Å². The van der Waals surface area contributed by atoms with E-state index >= 15 is 0 Å². The molecule has 0 fully saturated rings. The Kier molecular flexibility index (Phi) is 4.98. The largest absolute Gasteiger partial charge is 0.345 e. The van der Waals surface area contributed by atoms with Crippen LogP contribution in [0.3, 0.4) is 0 Å². The SMILES string of the molecule is C/C=C/C=C\C(=O)NCc1nc(-c2ccc(F)cc2)n[nH]1. The van der Waals surface area contributed by atoms with Gasteiger partial charge >= 0.3 is 0 Å². The van der Waals surface area contributed by atoms with E-state index in [0.717, 1.165) is 0 Å². The highest BCUT2D eigenvalue weighted by atomic mass is 19.1. The topological polar surface area (TPSA) is 70.7 Å². The summed E-state index contributed by atoms with van der Waals surface area (Å²) in [6.45, 7) is 2.11. The van der Waals surface area contributed by atoms with Crippen LogP contribution in [-0.2, 0) is 11.3 Å². The lowest BCUT2D eigenvalue weighted by atomic mass is 10.2. The summed E-state index contributed by atoms with van der Waals surface area (Å²) in [6.07, 6.45) is 6.67. The molecule has 2 rings (SSSR count). The third kappa shape index (κ3) is 4.38. The monoisotopic (exact) mass is 286 g/mol. The van der Waals surface area contributed by atoms with Crippen molar-refractivity contribution in [2.75, 3.05) is 0 Å². The Morgan fingerprint density at radius 3 is 2.81 bits per heavy atom. The lowest BCUT2D eigenvalue weighted by molar-refractivity contribution is -0.116. The van der Waals surface area contributed by atoms with E-state index in [1.807, 2.05) is 13.0 Å². The molecule has 0 aliphatic rings. The van der Waals surface area contributed by atoms with Crippen LogP contribution in [-0.4, -0.2) is 21.1 Å². The lowest BCUT2D eigenvalue weighted by Crippen LogP contribution is -2.20. The zero-order valence-electron chi connectivity index (χ0n) is 11.5. The molecule has 0 radical (unpaired) electrons. The Morgan fingerprint density at radius 2 is 2.10 bits per heavy atom. The van der Waals surface area contributed by atoms with E-state index in [9.17, 15) is 9.18 Å². The van der Waals surface area contributed by atoms with Gasteiger partial charge in [-0.2, -0.15) is 5.10 Å². The second-order valence-corrected chi connectivity index (χ2v) is 4.22. The van der Waals surface area contributed by atoms with Crippen molar-refractivity contribution < 1.29 is 9.18 Å². The summed E-state index contributed by atoms with van der Waals surface area (Å²) in [5.41, 5.74) is 0.707. The molecule has 5 nitrogen and oxygen atoms in total. The number of allylic oxidation sites excluding steroid dienone is 3. The van der Waals surface area contributed by atoms with Gasteiger partial charge in [-0.05, 0) is 31.2 Å². The second kappa shape index (κ2) is 7.14. The first-order valence-corrected chi connectivity index (χ1v) is 6.43. The Balaban J connectivity index is 1.94. The fourth-order valence-electron chi connectivity index (χ4n) is 1.59. The molecule has 21 heavy (non-hydrogen) atoms. The van der Waals surface area contributed by atoms with E-state index in [0.29, 0.717) is 17.2 Å². The zero-order chi connectivity index (χ0) is 15.1. The van der Waals surface area contributed by atoms with Gasteiger partial charge in [0.05, 0.1) is 6.54 Å². The first kappa shape index (κ1) is 14.6. The predicted octanol–water partition coefficient (Wildman–Crippen LogP) is 2.36. The average Bonchev–Trinajstić information content (AvgIpc) is 2.95. The van der Waals surface area contributed by atoms with Crippen molar-refractivity contribution in [2.45, 2.75) is 13.5 Å². The molecular formula is C15H15FN4O. The van der Waals surface area contributed by atoms with Gasteiger partial charge in [-0.1, -0.05) is 18.2 Å². The van der Waals surface area contributed by atoms with Crippen LogP contribution in [0.2, 0.25) is 0 Å². The zero-order valence-corrected chi connectivity index (χ0v) is 11.5. The molecular weight excluding hydrogens is 271 g/mol. The number of carbonyl (C=O) groups is 1. The van der Waals surface area contributed by atoms with Crippen molar-refractivity contribution >= 4 is 5.91 Å². The fourth-order valence-corrected chi connectivity index (χ4v) is 1.59. The molecule has 1 heterocycles. The van der Waals surface area contributed by atoms with Crippen molar-refractivity contribution in [1.29, 1.82) is 0 Å². The highest BCUT2D eigenvalue weighted by Crippen LogP contribution is 2.14. The molecule has 1 aromatic carbocycles. The molecule has 0 saturated carbocycles. The minimum atomic E-state index is -0.310. The number of carbonyl (C=O) groups excluding carboxylic acids is 1. The molecule has 2 aromatic rings. The third-order valence-corrected chi connectivity index (χ3v) is 2.62. The number of benzene rings is 1. The van der Waals surface area contributed by atoms with Crippen molar-refractivity contribution in [3.05, 3.63) is 60.2 Å². The van der Waals surface area contributed by atoms with Crippen molar-refractivity contribution in [2.24, 2.45) is 0 Å². The van der Waals surface area contributed by atoms with Crippen LogP contribution < -0.4 is 5.32 Å². The van der Waals surface area contributed by atoms with Gasteiger partial charge in [-0.3, -0.25) is 9.89 Å². The smallest absolute Gasteiger partial charge is 0.244 e. The van der Waals surface area contributed by atoms with Gasteiger partial charge < -0.3 is 5.32 Å². The summed E-state index contributed by atoms with van der Waals surface area (Å²) in [5.74, 6) is 0.466. The average molecular weight is 286 g/mol. The normalized spacial score (nSPS) is 11.3. The van der Waals surface area contributed by atoms with E-state index in [4.69, 9.17) is 0 Å². The van der Waals surface area contributed by atoms with Gasteiger partial charge in [0, 0.05) is 11.6 Å². The van der Waals surface area contributed by atoms with E-state index in [1.54, 1.807) is 24.3 Å². The van der Waals surface area contributed by atoms with Crippen LogP contribution in [0.1, 0.15) is 12.7 Å². The molecule has 6 heteroatoms. The molecule has 2 N–H and O–H groups in total. The maximum Gasteiger partial charge on any atom is 0.244 e. The van der Waals surface area contributed by atoms with Crippen LogP contribution in [0.25, 0.3) is 11.4 Å².